The van der Waals surface area contributed by atoms with Crippen LogP contribution in [0.5, 0.6) is 0 Å². The van der Waals surface area contributed by atoms with E-state index < -0.39 is 28.7 Å². The highest BCUT2D eigenvalue weighted by molar-refractivity contribution is 8.02. The molecule has 3 saturated heterocycles. The van der Waals surface area contributed by atoms with Crippen molar-refractivity contribution < 1.29 is 19.5 Å². The number of benzene rings is 3. The Morgan fingerprint density at radius 2 is 1.56 bits per heavy atom. The van der Waals surface area contributed by atoms with Gasteiger partial charge < -0.3 is 20.6 Å². The lowest BCUT2D eigenvalue weighted by atomic mass is 9.66. The maximum atomic E-state index is 14.5. The maximum Gasteiger partial charge on any atom is 0.244 e. The van der Waals surface area contributed by atoms with Gasteiger partial charge in [-0.2, -0.15) is 0 Å². The molecule has 6 rings (SSSR count). The fourth-order valence-corrected chi connectivity index (χ4v) is 9.63. The molecule has 3 heterocycles. The van der Waals surface area contributed by atoms with Crippen molar-refractivity contribution in [3.05, 3.63) is 102 Å². The highest BCUT2D eigenvalue weighted by Crippen LogP contribution is 2.68. The lowest BCUT2D eigenvalue weighted by molar-refractivity contribution is -0.142. The molecular formula is C33H35N3O4S. The SMILES string of the molecule is CC1C[C@@H]2SC13C(C(=O)NCc1ccccc1)N([C@@H](CO)Cc1ccccc1)C(=O)[C@@H]3[C@@H]2C(=O)Nc1ccccc1. The van der Waals surface area contributed by atoms with Crippen LogP contribution >= 0.6 is 11.8 Å². The van der Waals surface area contributed by atoms with Crippen LogP contribution in [0.3, 0.4) is 0 Å². The highest BCUT2D eigenvalue weighted by atomic mass is 32.2. The fourth-order valence-electron chi connectivity index (χ4n) is 7.22. The van der Waals surface area contributed by atoms with Crippen molar-refractivity contribution in [2.45, 2.75) is 48.4 Å². The van der Waals surface area contributed by atoms with Gasteiger partial charge >= 0.3 is 0 Å². The molecule has 7 atom stereocenters. The van der Waals surface area contributed by atoms with Crippen LogP contribution in [0.15, 0.2) is 91.0 Å². The summed E-state index contributed by atoms with van der Waals surface area (Å²) in [6, 6.07) is 27.3. The maximum absolute atomic E-state index is 14.5. The van der Waals surface area contributed by atoms with Gasteiger partial charge in [0.1, 0.15) is 6.04 Å². The number of nitrogens with one attached hydrogen (secondary N) is 2. The number of rotatable bonds is 9. The molecule has 3 fully saturated rings. The number of aliphatic hydroxyl groups excluding tert-OH is 1. The Kier molecular flexibility index (Phi) is 7.62. The van der Waals surface area contributed by atoms with Gasteiger partial charge in [0, 0.05) is 17.5 Å². The van der Waals surface area contributed by atoms with Gasteiger partial charge in [-0.15, -0.1) is 11.8 Å². The molecule has 3 aliphatic rings. The number of thioether (sulfide) groups is 1. The number of likely N-dealkylation sites (tertiary alicyclic amines) is 1. The third-order valence-electron chi connectivity index (χ3n) is 9.00. The largest absolute Gasteiger partial charge is 0.394 e. The Morgan fingerprint density at radius 3 is 2.20 bits per heavy atom. The molecule has 3 aromatic carbocycles. The number of aliphatic hydroxyl groups is 1. The number of hydrogen-bond acceptors (Lipinski definition) is 5. The summed E-state index contributed by atoms with van der Waals surface area (Å²) in [6.45, 7) is 2.15. The Hall–Kier alpha value is -3.62. The summed E-state index contributed by atoms with van der Waals surface area (Å²) in [7, 11) is 0. The summed E-state index contributed by atoms with van der Waals surface area (Å²) in [5.41, 5.74) is 2.62. The van der Waals surface area contributed by atoms with Gasteiger partial charge in [0.25, 0.3) is 0 Å². The van der Waals surface area contributed by atoms with E-state index in [-0.39, 0.29) is 35.5 Å². The molecule has 3 aromatic rings. The number of carbonyl (C=O) groups is 3. The molecule has 3 unspecified atom stereocenters. The van der Waals surface area contributed by atoms with Crippen LogP contribution in [-0.4, -0.2) is 56.4 Å². The summed E-state index contributed by atoms with van der Waals surface area (Å²) in [6.07, 6.45) is 1.16. The Balaban J connectivity index is 1.36. The highest BCUT2D eigenvalue weighted by Gasteiger charge is 2.76. The molecule has 0 aliphatic carbocycles. The number of carbonyl (C=O) groups excluding carboxylic acids is 3. The second-order valence-corrected chi connectivity index (χ2v) is 12.9. The summed E-state index contributed by atoms with van der Waals surface area (Å²) >= 11 is 1.64. The Labute approximate surface area is 244 Å². The Morgan fingerprint density at radius 1 is 0.951 bits per heavy atom. The van der Waals surface area contributed by atoms with Crippen LogP contribution < -0.4 is 10.6 Å². The van der Waals surface area contributed by atoms with Crippen LogP contribution in [-0.2, 0) is 27.3 Å². The summed E-state index contributed by atoms with van der Waals surface area (Å²) in [5, 5.41) is 16.7. The van der Waals surface area contributed by atoms with E-state index in [0.717, 1.165) is 17.5 Å². The number of amides is 3. The minimum atomic E-state index is -0.802. The number of anilines is 1. The zero-order valence-corrected chi connectivity index (χ0v) is 23.8. The smallest absolute Gasteiger partial charge is 0.244 e. The number of fused-ring (bicyclic) bond motifs is 1. The quantitative estimate of drug-likeness (QED) is 0.363. The third-order valence-corrected chi connectivity index (χ3v) is 11.1. The normalized spacial score (nSPS) is 28.8. The van der Waals surface area contributed by atoms with Gasteiger partial charge in [0.05, 0.1) is 29.2 Å². The first-order valence-corrected chi connectivity index (χ1v) is 15.1. The molecule has 0 saturated carbocycles. The van der Waals surface area contributed by atoms with Crippen LogP contribution in [0.2, 0.25) is 0 Å². The second-order valence-electron chi connectivity index (χ2n) is 11.4. The molecule has 1 spiro atoms. The van der Waals surface area contributed by atoms with Crippen molar-refractivity contribution in [1.29, 1.82) is 0 Å². The average Bonchev–Trinajstić information content (AvgIpc) is 3.60. The minimum Gasteiger partial charge on any atom is -0.394 e. The number of para-hydroxylation sites is 1. The van der Waals surface area contributed by atoms with E-state index in [0.29, 0.717) is 18.7 Å². The minimum absolute atomic E-state index is 0.0424. The van der Waals surface area contributed by atoms with E-state index in [1.54, 1.807) is 16.7 Å². The third kappa shape index (κ3) is 4.83. The Bertz CT molecular complexity index is 1410. The van der Waals surface area contributed by atoms with Crippen molar-refractivity contribution in [2.75, 3.05) is 11.9 Å². The molecule has 0 aromatic heterocycles. The summed E-state index contributed by atoms with van der Waals surface area (Å²) in [4.78, 5) is 44.1. The molecular weight excluding hydrogens is 534 g/mol. The van der Waals surface area contributed by atoms with Gasteiger partial charge in [-0.05, 0) is 42.0 Å². The van der Waals surface area contributed by atoms with E-state index in [2.05, 4.69) is 17.6 Å². The van der Waals surface area contributed by atoms with Gasteiger partial charge in [-0.1, -0.05) is 85.8 Å². The van der Waals surface area contributed by atoms with E-state index >= 15 is 0 Å². The fraction of sp³-hybridized carbons (Fsp3) is 0.364. The molecule has 0 radical (unpaired) electrons. The topological polar surface area (TPSA) is 98.7 Å². The average molecular weight is 570 g/mol. The molecule has 3 amide bonds. The summed E-state index contributed by atoms with van der Waals surface area (Å²) in [5.74, 6) is -1.80. The molecule has 7 nitrogen and oxygen atoms in total. The van der Waals surface area contributed by atoms with Crippen LogP contribution in [0.4, 0.5) is 5.69 Å². The molecule has 41 heavy (non-hydrogen) atoms. The predicted octanol–water partition coefficient (Wildman–Crippen LogP) is 3.88. The predicted molar refractivity (Wildman–Crippen MR) is 160 cm³/mol. The summed E-state index contributed by atoms with van der Waals surface area (Å²) < 4.78 is -0.759. The van der Waals surface area contributed by atoms with Crippen LogP contribution in [0.1, 0.15) is 24.5 Å². The van der Waals surface area contributed by atoms with Gasteiger partial charge in [-0.3, -0.25) is 14.4 Å². The van der Waals surface area contributed by atoms with Crippen molar-refractivity contribution in [3.63, 3.8) is 0 Å². The number of hydrogen-bond donors (Lipinski definition) is 3. The number of nitrogens with zero attached hydrogens (tertiary/aromatic N) is 1. The molecule has 3 N–H and O–H groups in total. The van der Waals surface area contributed by atoms with E-state index in [1.807, 2.05) is 91.0 Å². The lowest BCUT2D eigenvalue weighted by Crippen LogP contribution is -2.58. The van der Waals surface area contributed by atoms with Gasteiger partial charge in [0.15, 0.2) is 0 Å². The monoisotopic (exact) mass is 569 g/mol. The van der Waals surface area contributed by atoms with Crippen LogP contribution in [0.25, 0.3) is 0 Å². The van der Waals surface area contributed by atoms with Crippen molar-refractivity contribution in [2.24, 2.45) is 17.8 Å². The van der Waals surface area contributed by atoms with E-state index in [1.165, 1.54) is 0 Å². The zero-order valence-electron chi connectivity index (χ0n) is 23.0. The van der Waals surface area contributed by atoms with Crippen molar-refractivity contribution >= 4 is 35.2 Å². The molecule has 3 aliphatic heterocycles. The first-order valence-electron chi connectivity index (χ1n) is 14.3. The molecule has 8 heteroatoms. The van der Waals surface area contributed by atoms with E-state index in [9.17, 15) is 19.5 Å². The zero-order chi connectivity index (χ0) is 28.6. The lowest BCUT2D eigenvalue weighted by Gasteiger charge is -2.40. The molecule has 212 valence electrons. The van der Waals surface area contributed by atoms with Gasteiger partial charge in [0.2, 0.25) is 17.7 Å². The van der Waals surface area contributed by atoms with Crippen molar-refractivity contribution in [1.82, 2.24) is 10.2 Å². The van der Waals surface area contributed by atoms with E-state index in [4.69, 9.17) is 0 Å². The van der Waals surface area contributed by atoms with Crippen LogP contribution in [0, 0.1) is 17.8 Å². The molecule has 2 bridgehead atoms. The first-order chi connectivity index (χ1) is 19.9. The standard InChI is InChI=1S/C33H35N3O4S/c1-21-17-26-27(30(38)35-24-15-9-4-10-16-24)28-32(40)36(25(20-37)18-22-11-5-2-6-12-22)29(33(21,28)41-26)31(39)34-19-23-13-7-3-8-14-23/h2-16,21,25-29,37H,17-20H2,1H3,(H,34,39)(H,35,38)/t21?,25-,26+,27-,28+,29?,33?/m1/s1. The van der Waals surface area contributed by atoms with Gasteiger partial charge in [-0.25, -0.2) is 0 Å². The van der Waals surface area contributed by atoms with Crippen molar-refractivity contribution in [3.8, 4) is 0 Å². The first kappa shape index (κ1) is 27.5. The second kappa shape index (κ2) is 11.3.